The van der Waals surface area contributed by atoms with Gasteiger partial charge in [-0.25, -0.2) is 0 Å². The number of nitrogens with one attached hydrogen (secondary N) is 1. The molecule has 0 saturated carbocycles. The fraction of sp³-hybridized carbons (Fsp3) is 0.981. The summed E-state index contributed by atoms with van der Waals surface area (Å²) in [6.45, 7) is 3.61. The zero-order chi connectivity index (χ0) is 45.3. The Kier molecular flexibility index (Phi) is 40.8. The van der Waals surface area contributed by atoms with Crippen LogP contribution in [-0.4, -0.2) is 98.7 Å². The van der Waals surface area contributed by atoms with Crippen LogP contribution in [0.2, 0.25) is 0 Å². The van der Waals surface area contributed by atoms with Gasteiger partial charge in [-0.3, -0.25) is 4.79 Å². The molecule has 1 aliphatic rings. The summed E-state index contributed by atoms with van der Waals surface area (Å²) in [5.41, 5.74) is 0. The summed E-state index contributed by atoms with van der Waals surface area (Å²) in [5.74, 6) is -0.253. The minimum Gasteiger partial charge on any atom is -0.394 e. The predicted octanol–water partition coefficient (Wildman–Crippen LogP) is 11.3. The number of hydrogen-bond donors (Lipinski definition) is 7. The molecule has 0 spiro atoms. The van der Waals surface area contributed by atoms with E-state index in [9.17, 15) is 35.4 Å². The standard InChI is InChI=1S/C52H103NO9/c1-3-5-7-9-11-13-14-15-16-17-18-19-20-21-22-23-24-25-26-27-28-29-30-31-33-35-37-39-41-47(56)53-44(43-61-52-51(60)50(59)49(58)46(42-54)62-52)48(57)45(55)40-38-36-34-32-12-10-8-6-4-2/h44-46,48-52,54-55,57-60H,3-43H2,1-2H3,(H,53,56)/t44-,45+,46+,48-,49+,50?,51?,52+/m0/s1. The van der Waals surface area contributed by atoms with Crippen molar-refractivity contribution >= 4 is 5.91 Å². The highest BCUT2D eigenvalue weighted by Crippen LogP contribution is 2.23. The summed E-state index contributed by atoms with van der Waals surface area (Å²) in [4.78, 5) is 13.0. The van der Waals surface area contributed by atoms with Crippen LogP contribution in [0.3, 0.4) is 0 Å². The number of ether oxygens (including phenoxy) is 2. The van der Waals surface area contributed by atoms with E-state index >= 15 is 0 Å². The summed E-state index contributed by atoms with van der Waals surface area (Å²) in [6, 6.07) is -0.984. The van der Waals surface area contributed by atoms with Gasteiger partial charge in [-0.2, -0.15) is 0 Å². The lowest BCUT2D eigenvalue weighted by atomic mass is 9.98. The number of amides is 1. The van der Waals surface area contributed by atoms with Gasteiger partial charge in [0.1, 0.15) is 30.5 Å². The number of aliphatic hydroxyl groups is 6. The molecule has 1 fully saturated rings. The third-order valence-corrected chi connectivity index (χ3v) is 13.3. The van der Waals surface area contributed by atoms with Crippen molar-refractivity contribution in [1.29, 1.82) is 0 Å². The summed E-state index contributed by atoms with van der Waals surface area (Å²) in [7, 11) is 0. The van der Waals surface area contributed by atoms with Crippen LogP contribution >= 0.6 is 0 Å². The number of hydrogen-bond acceptors (Lipinski definition) is 9. The maximum absolute atomic E-state index is 13.0. The smallest absolute Gasteiger partial charge is 0.220 e. The molecule has 370 valence electrons. The van der Waals surface area contributed by atoms with Crippen LogP contribution in [0.4, 0.5) is 0 Å². The number of carbonyl (C=O) groups excluding carboxylic acids is 1. The highest BCUT2D eigenvalue weighted by Gasteiger charge is 2.44. The van der Waals surface area contributed by atoms with Gasteiger partial charge < -0.3 is 45.4 Å². The molecule has 0 aromatic rings. The van der Waals surface area contributed by atoms with Gasteiger partial charge in [0.2, 0.25) is 5.91 Å². The molecule has 0 radical (unpaired) electrons. The van der Waals surface area contributed by atoms with Gasteiger partial charge in [0.15, 0.2) is 6.29 Å². The van der Waals surface area contributed by atoms with Gasteiger partial charge in [0.25, 0.3) is 0 Å². The Labute approximate surface area is 381 Å². The van der Waals surface area contributed by atoms with Crippen LogP contribution in [-0.2, 0) is 14.3 Å². The lowest BCUT2D eigenvalue weighted by Crippen LogP contribution is -2.60. The van der Waals surface area contributed by atoms with Crippen molar-refractivity contribution in [3.63, 3.8) is 0 Å². The molecule has 1 amide bonds. The lowest BCUT2D eigenvalue weighted by Gasteiger charge is -2.40. The molecule has 10 heteroatoms. The van der Waals surface area contributed by atoms with E-state index in [4.69, 9.17) is 9.47 Å². The maximum atomic E-state index is 13.0. The highest BCUT2D eigenvalue weighted by molar-refractivity contribution is 5.76. The molecule has 62 heavy (non-hydrogen) atoms. The number of unbranched alkanes of at least 4 members (excludes halogenated alkanes) is 35. The van der Waals surface area contributed by atoms with E-state index in [1.165, 1.54) is 193 Å². The Hall–Kier alpha value is -0.850. The molecule has 1 heterocycles. The second kappa shape index (κ2) is 42.8. The molecule has 1 saturated heterocycles. The van der Waals surface area contributed by atoms with E-state index in [1.807, 2.05) is 0 Å². The van der Waals surface area contributed by atoms with Crippen molar-refractivity contribution in [2.45, 2.75) is 313 Å². The Morgan fingerprint density at radius 2 is 0.839 bits per heavy atom. The van der Waals surface area contributed by atoms with Crippen molar-refractivity contribution in [3.8, 4) is 0 Å². The molecule has 8 atom stereocenters. The van der Waals surface area contributed by atoms with E-state index in [1.54, 1.807) is 0 Å². The van der Waals surface area contributed by atoms with Crippen LogP contribution in [0.5, 0.6) is 0 Å². The summed E-state index contributed by atoms with van der Waals surface area (Å²) in [5, 5.41) is 65.1. The summed E-state index contributed by atoms with van der Waals surface area (Å²) in [6.07, 6.45) is 38.7. The molecule has 1 rings (SSSR count). The Bertz CT molecular complexity index is 957. The quantitative estimate of drug-likeness (QED) is 0.0294. The summed E-state index contributed by atoms with van der Waals surface area (Å²) < 4.78 is 11.2. The van der Waals surface area contributed by atoms with Crippen LogP contribution in [0.25, 0.3) is 0 Å². The molecule has 7 N–H and O–H groups in total. The monoisotopic (exact) mass is 886 g/mol. The van der Waals surface area contributed by atoms with Gasteiger partial charge in [0, 0.05) is 6.42 Å². The zero-order valence-electron chi connectivity index (χ0n) is 40.5. The highest BCUT2D eigenvalue weighted by atomic mass is 16.7. The topological polar surface area (TPSA) is 169 Å². The Morgan fingerprint density at radius 3 is 1.19 bits per heavy atom. The van der Waals surface area contributed by atoms with E-state index in [0.717, 1.165) is 44.9 Å². The molecule has 1 aliphatic heterocycles. The lowest BCUT2D eigenvalue weighted by molar-refractivity contribution is -0.303. The molecule has 2 unspecified atom stereocenters. The second-order valence-corrected chi connectivity index (χ2v) is 19.2. The molecule has 0 aromatic heterocycles. The molecule has 0 aliphatic carbocycles. The first-order valence-electron chi connectivity index (χ1n) is 26.8. The maximum Gasteiger partial charge on any atom is 0.220 e. The third kappa shape index (κ3) is 31.9. The fourth-order valence-corrected chi connectivity index (χ4v) is 8.97. The molecule has 10 nitrogen and oxygen atoms in total. The van der Waals surface area contributed by atoms with E-state index < -0.39 is 55.6 Å². The van der Waals surface area contributed by atoms with Crippen molar-refractivity contribution < 1.29 is 44.9 Å². The van der Waals surface area contributed by atoms with Gasteiger partial charge in [-0.05, 0) is 12.8 Å². The van der Waals surface area contributed by atoms with Gasteiger partial charge in [-0.1, -0.05) is 245 Å². The normalized spacial score (nSPS) is 20.7. The van der Waals surface area contributed by atoms with Crippen molar-refractivity contribution in [1.82, 2.24) is 5.32 Å². The minimum atomic E-state index is -1.60. The average molecular weight is 886 g/mol. The molecule has 0 aromatic carbocycles. The zero-order valence-corrected chi connectivity index (χ0v) is 40.5. The predicted molar refractivity (Wildman–Crippen MR) is 255 cm³/mol. The first-order chi connectivity index (χ1) is 30.3. The van der Waals surface area contributed by atoms with Gasteiger partial charge in [0.05, 0.1) is 25.4 Å². The minimum absolute atomic E-state index is 0.253. The van der Waals surface area contributed by atoms with E-state index in [0.29, 0.717) is 6.42 Å². The van der Waals surface area contributed by atoms with Gasteiger partial charge >= 0.3 is 0 Å². The first-order valence-corrected chi connectivity index (χ1v) is 26.8. The molecular weight excluding hydrogens is 783 g/mol. The average Bonchev–Trinajstić information content (AvgIpc) is 3.27. The van der Waals surface area contributed by atoms with E-state index in [-0.39, 0.29) is 18.9 Å². The van der Waals surface area contributed by atoms with E-state index in [2.05, 4.69) is 19.2 Å². The van der Waals surface area contributed by atoms with Crippen molar-refractivity contribution in [2.24, 2.45) is 0 Å². The Balaban J connectivity index is 2.15. The molecule has 0 bridgehead atoms. The van der Waals surface area contributed by atoms with Crippen molar-refractivity contribution in [3.05, 3.63) is 0 Å². The number of carbonyl (C=O) groups is 1. The van der Waals surface area contributed by atoms with Gasteiger partial charge in [-0.15, -0.1) is 0 Å². The molecular formula is C52H103NO9. The van der Waals surface area contributed by atoms with Crippen molar-refractivity contribution in [2.75, 3.05) is 13.2 Å². The second-order valence-electron chi connectivity index (χ2n) is 19.2. The first kappa shape index (κ1) is 59.2. The van der Waals surface area contributed by atoms with Crippen LogP contribution in [0.1, 0.15) is 264 Å². The van der Waals surface area contributed by atoms with Crippen LogP contribution in [0.15, 0.2) is 0 Å². The fourth-order valence-electron chi connectivity index (χ4n) is 8.97. The van der Waals surface area contributed by atoms with Crippen LogP contribution < -0.4 is 5.32 Å². The third-order valence-electron chi connectivity index (χ3n) is 13.3. The summed E-state index contributed by atoms with van der Waals surface area (Å²) >= 11 is 0. The Morgan fingerprint density at radius 1 is 0.500 bits per heavy atom. The largest absolute Gasteiger partial charge is 0.394 e. The van der Waals surface area contributed by atoms with Crippen LogP contribution in [0, 0.1) is 0 Å². The number of rotatable bonds is 46. The number of aliphatic hydroxyl groups excluding tert-OH is 6. The SMILES string of the molecule is CCCCCCCCCCCCCCCCCCCCCCCCCCCCCCC(=O)N[C@@H](CO[C@@H]1O[C@H](CO)[C@@H](O)C(O)C1O)[C@H](O)[C@H](O)CCCCCCCCCCC.